The van der Waals surface area contributed by atoms with Gasteiger partial charge in [0.2, 0.25) is 0 Å². The van der Waals surface area contributed by atoms with Crippen LogP contribution in [0.25, 0.3) is 0 Å². The number of carbonyl (C=O) groups excluding carboxylic acids is 2. The van der Waals surface area contributed by atoms with Crippen molar-refractivity contribution in [1.29, 1.82) is 0 Å². The van der Waals surface area contributed by atoms with E-state index in [0.717, 1.165) is 31.5 Å². The summed E-state index contributed by atoms with van der Waals surface area (Å²) in [5.74, 6) is 0.286. The number of rotatable bonds is 4. The van der Waals surface area contributed by atoms with Crippen LogP contribution in [0.5, 0.6) is 0 Å². The summed E-state index contributed by atoms with van der Waals surface area (Å²) in [5.41, 5.74) is 1.56. The Hall–Kier alpha value is -2.40. The molecule has 1 aliphatic rings. The number of likely N-dealkylation sites (tertiary alicyclic amines) is 1. The highest BCUT2D eigenvalue weighted by molar-refractivity contribution is 6.31. The van der Waals surface area contributed by atoms with Crippen LogP contribution in [0, 0.1) is 5.92 Å². The van der Waals surface area contributed by atoms with Crippen LogP contribution in [-0.2, 0) is 6.54 Å². The molecule has 2 heterocycles. The van der Waals surface area contributed by atoms with E-state index >= 15 is 0 Å². The zero-order valence-electron chi connectivity index (χ0n) is 14.7. The predicted octanol–water partition coefficient (Wildman–Crippen LogP) is 3.54. The molecule has 3 rings (SSSR count). The molecule has 5 nitrogen and oxygen atoms in total. The molecule has 0 aliphatic carbocycles. The van der Waals surface area contributed by atoms with Gasteiger partial charge in [-0.25, -0.2) is 0 Å². The average molecular weight is 372 g/mol. The maximum atomic E-state index is 12.7. The predicted molar refractivity (Wildman–Crippen MR) is 101 cm³/mol. The number of carbonyl (C=O) groups is 2. The first-order chi connectivity index (χ1) is 12.5. The molecule has 1 aromatic heterocycles. The number of amides is 2. The lowest BCUT2D eigenvalue weighted by atomic mass is 9.98. The summed E-state index contributed by atoms with van der Waals surface area (Å²) in [6, 6.07) is 10.6. The Balaban J connectivity index is 1.65. The average Bonchev–Trinajstić information content (AvgIpc) is 2.67. The minimum atomic E-state index is -0.327. The third-order valence-corrected chi connectivity index (χ3v) is 5.08. The number of piperidine rings is 1. The summed E-state index contributed by atoms with van der Waals surface area (Å²) in [6.07, 6.45) is 3.54. The molecule has 0 unspecified atom stereocenters. The molecule has 26 heavy (non-hydrogen) atoms. The van der Waals surface area contributed by atoms with E-state index in [1.165, 1.54) is 6.20 Å². The van der Waals surface area contributed by atoms with E-state index < -0.39 is 0 Å². The van der Waals surface area contributed by atoms with E-state index in [2.05, 4.69) is 17.2 Å². The number of benzene rings is 1. The highest BCUT2D eigenvalue weighted by Gasteiger charge is 2.22. The van der Waals surface area contributed by atoms with Crippen molar-refractivity contribution in [3.05, 3.63) is 64.4 Å². The Morgan fingerprint density at radius 3 is 2.69 bits per heavy atom. The first-order valence-corrected chi connectivity index (χ1v) is 9.19. The van der Waals surface area contributed by atoms with Crippen LogP contribution in [-0.4, -0.2) is 34.8 Å². The van der Waals surface area contributed by atoms with Crippen LogP contribution >= 0.6 is 11.6 Å². The molecule has 1 aromatic carbocycles. The second-order valence-corrected chi connectivity index (χ2v) is 7.09. The SMILES string of the molecule is CC1CCN(C(=O)c2ccnc(C(=O)NCc3ccccc3Cl)c2)CC1. The van der Waals surface area contributed by atoms with Gasteiger partial charge in [0.15, 0.2) is 0 Å². The first kappa shape index (κ1) is 18.4. The van der Waals surface area contributed by atoms with Crippen LogP contribution in [0.4, 0.5) is 0 Å². The topological polar surface area (TPSA) is 62.3 Å². The fraction of sp³-hybridized carbons (Fsp3) is 0.350. The maximum absolute atomic E-state index is 12.7. The molecule has 1 fully saturated rings. The zero-order valence-corrected chi connectivity index (χ0v) is 15.5. The van der Waals surface area contributed by atoms with E-state index in [0.29, 0.717) is 23.0 Å². The number of hydrogen-bond acceptors (Lipinski definition) is 3. The number of pyridine rings is 1. The molecular formula is C20H22ClN3O2. The molecule has 2 aromatic rings. The largest absolute Gasteiger partial charge is 0.347 e. The van der Waals surface area contributed by atoms with Crippen molar-refractivity contribution >= 4 is 23.4 Å². The lowest BCUT2D eigenvalue weighted by molar-refractivity contribution is 0.0697. The van der Waals surface area contributed by atoms with Gasteiger partial charge in [-0.3, -0.25) is 14.6 Å². The van der Waals surface area contributed by atoms with Gasteiger partial charge in [0.05, 0.1) is 0 Å². The van der Waals surface area contributed by atoms with Crippen LogP contribution in [0.1, 0.15) is 46.2 Å². The molecule has 136 valence electrons. The van der Waals surface area contributed by atoms with Gasteiger partial charge in [0, 0.05) is 36.4 Å². The van der Waals surface area contributed by atoms with Gasteiger partial charge in [0.1, 0.15) is 5.69 Å². The maximum Gasteiger partial charge on any atom is 0.270 e. The second-order valence-electron chi connectivity index (χ2n) is 6.68. The van der Waals surface area contributed by atoms with Crippen LogP contribution in [0.15, 0.2) is 42.6 Å². The Kier molecular flexibility index (Phi) is 5.89. The Morgan fingerprint density at radius 2 is 1.96 bits per heavy atom. The van der Waals surface area contributed by atoms with Crippen molar-refractivity contribution in [1.82, 2.24) is 15.2 Å². The minimum absolute atomic E-state index is 0.0422. The van der Waals surface area contributed by atoms with Gasteiger partial charge in [-0.05, 0) is 42.5 Å². The van der Waals surface area contributed by atoms with E-state index in [9.17, 15) is 9.59 Å². The molecule has 0 atom stereocenters. The third-order valence-electron chi connectivity index (χ3n) is 4.71. The van der Waals surface area contributed by atoms with E-state index in [1.807, 2.05) is 23.1 Å². The molecule has 0 bridgehead atoms. The Bertz CT molecular complexity index is 801. The number of halogens is 1. The van der Waals surface area contributed by atoms with Gasteiger partial charge < -0.3 is 10.2 Å². The van der Waals surface area contributed by atoms with Crippen molar-refractivity contribution < 1.29 is 9.59 Å². The molecule has 6 heteroatoms. The molecule has 2 amide bonds. The van der Waals surface area contributed by atoms with Crippen LogP contribution in [0.2, 0.25) is 5.02 Å². The number of nitrogens with zero attached hydrogens (tertiary/aromatic N) is 2. The van der Waals surface area contributed by atoms with Gasteiger partial charge in [-0.1, -0.05) is 36.7 Å². The van der Waals surface area contributed by atoms with Gasteiger partial charge in [-0.15, -0.1) is 0 Å². The molecule has 0 radical (unpaired) electrons. The molecule has 1 saturated heterocycles. The lowest BCUT2D eigenvalue weighted by Crippen LogP contribution is -2.38. The minimum Gasteiger partial charge on any atom is -0.347 e. The van der Waals surface area contributed by atoms with Crippen molar-refractivity contribution in [2.45, 2.75) is 26.3 Å². The van der Waals surface area contributed by atoms with E-state index in [1.54, 1.807) is 18.2 Å². The van der Waals surface area contributed by atoms with Crippen molar-refractivity contribution in [2.75, 3.05) is 13.1 Å². The van der Waals surface area contributed by atoms with Crippen molar-refractivity contribution in [2.24, 2.45) is 5.92 Å². The highest BCUT2D eigenvalue weighted by Crippen LogP contribution is 2.18. The summed E-state index contributed by atoms with van der Waals surface area (Å²) >= 11 is 6.10. The number of hydrogen-bond donors (Lipinski definition) is 1. The molecule has 1 N–H and O–H groups in total. The third kappa shape index (κ3) is 4.41. The van der Waals surface area contributed by atoms with E-state index in [-0.39, 0.29) is 17.5 Å². The van der Waals surface area contributed by atoms with Crippen LogP contribution in [0.3, 0.4) is 0 Å². The standard InChI is InChI=1S/C20H22ClN3O2/c1-14-7-10-24(11-8-14)20(26)15-6-9-22-18(12-15)19(25)23-13-16-4-2-3-5-17(16)21/h2-6,9,12,14H,7-8,10-11,13H2,1H3,(H,23,25). The monoisotopic (exact) mass is 371 g/mol. The van der Waals surface area contributed by atoms with Crippen LogP contribution < -0.4 is 5.32 Å². The normalized spacial score (nSPS) is 14.9. The smallest absolute Gasteiger partial charge is 0.270 e. The Morgan fingerprint density at radius 1 is 1.23 bits per heavy atom. The second kappa shape index (κ2) is 8.32. The molecule has 1 aliphatic heterocycles. The van der Waals surface area contributed by atoms with Gasteiger partial charge in [-0.2, -0.15) is 0 Å². The fourth-order valence-corrected chi connectivity index (χ4v) is 3.19. The Labute approximate surface area is 158 Å². The van der Waals surface area contributed by atoms with E-state index in [4.69, 9.17) is 11.6 Å². The van der Waals surface area contributed by atoms with Gasteiger partial charge in [0.25, 0.3) is 11.8 Å². The quantitative estimate of drug-likeness (QED) is 0.894. The van der Waals surface area contributed by atoms with Crippen molar-refractivity contribution in [3.63, 3.8) is 0 Å². The molecule has 0 saturated carbocycles. The first-order valence-electron chi connectivity index (χ1n) is 8.81. The summed E-state index contributed by atoms with van der Waals surface area (Å²) in [6.45, 7) is 4.03. The lowest BCUT2D eigenvalue weighted by Gasteiger charge is -2.30. The van der Waals surface area contributed by atoms with Gasteiger partial charge >= 0.3 is 0 Å². The fourth-order valence-electron chi connectivity index (χ4n) is 2.99. The highest BCUT2D eigenvalue weighted by atomic mass is 35.5. The summed E-state index contributed by atoms with van der Waals surface area (Å²) in [4.78, 5) is 31.0. The number of nitrogens with one attached hydrogen (secondary N) is 1. The summed E-state index contributed by atoms with van der Waals surface area (Å²) < 4.78 is 0. The molecular weight excluding hydrogens is 350 g/mol. The number of aromatic nitrogens is 1. The van der Waals surface area contributed by atoms with Crippen molar-refractivity contribution in [3.8, 4) is 0 Å². The zero-order chi connectivity index (χ0) is 18.5. The molecule has 0 spiro atoms. The summed E-state index contributed by atoms with van der Waals surface area (Å²) in [5, 5.41) is 3.40. The summed E-state index contributed by atoms with van der Waals surface area (Å²) in [7, 11) is 0.